The molecule has 8 heterocycles. The maximum atomic E-state index is 14.4. The lowest BCUT2D eigenvalue weighted by Crippen LogP contribution is -2.62. The zero-order valence-electron chi connectivity index (χ0n) is 51.4. The van der Waals surface area contributed by atoms with Crippen molar-refractivity contribution in [3.8, 4) is 0 Å². The standard InChI is InChI=1S/C66H84F2N12O8/c1-41-31-77(37-57(81)79-39-65(3,4)59-53(79)25-47(61(83)73-59)23-43-10-14-49(67)15-11-43)51(29-69-41)33-75-18-20-87-55(35-75)63(85)71-27-45-8-7-9-46(22-45)28-72-64(86)56-36-76(19-21-88-56)34-52-30-70-42(2)32-78(52)38-58(82)80-40-66(5,6)60-54(80)26-48(62(84)74-60)24-44-12-16-50(68)17-13-44/h7-17,22,25-26,41-42,51-52,55-56,69-70H,18-21,23-24,27-40H2,1-6H3,(H,71,85)(H,72,86)(H,73,83)(H,74,84)/t41-,42-,51-,52-,55+,56+/m1/s1. The van der Waals surface area contributed by atoms with Gasteiger partial charge in [-0.25, -0.2) is 8.78 Å². The number of nitrogens with zero attached hydrogens (tertiary/aromatic N) is 6. The van der Waals surface area contributed by atoms with E-state index in [2.05, 4.69) is 64.7 Å². The molecule has 470 valence electrons. The molecular weight excluding hydrogens is 1130 g/mol. The number of halogens is 2. The van der Waals surface area contributed by atoms with E-state index in [9.17, 15) is 37.5 Å². The van der Waals surface area contributed by atoms with Crippen LogP contribution in [0.4, 0.5) is 20.2 Å². The van der Waals surface area contributed by atoms with Crippen LogP contribution in [-0.4, -0.2) is 194 Å². The molecule has 6 atom stereocenters. The van der Waals surface area contributed by atoms with Crippen LogP contribution in [0.15, 0.2) is 94.5 Å². The fourth-order valence-corrected chi connectivity index (χ4v) is 13.5. The molecule has 6 aliphatic rings. The first-order chi connectivity index (χ1) is 42.1. The average molecular weight is 1210 g/mol. The fourth-order valence-electron chi connectivity index (χ4n) is 13.5. The van der Waals surface area contributed by atoms with Gasteiger partial charge in [0, 0.05) is 162 Å². The van der Waals surface area contributed by atoms with Crippen LogP contribution in [0.2, 0.25) is 0 Å². The van der Waals surface area contributed by atoms with Crippen molar-refractivity contribution in [2.75, 3.05) is 115 Å². The molecule has 6 N–H and O–H groups in total. The molecule has 88 heavy (non-hydrogen) atoms. The number of amides is 4. The van der Waals surface area contributed by atoms with Crippen LogP contribution < -0.4 is 42.2 Å². The normalized spacial score (nSPS) is 24.0. The number of pyridine rings is 2. The lowest BCUT2D eigenvalue weighted by Gasteiger charge is -2.43. The van der Waals surface area contributed by atoms with Crippen molar-refractivity contribution in [3.63, 3.8) is 0 Å². The molecule has 0 saturated carbocycles. The number of morpholine rings is 2. The highest BCUT2D eigenvalue weighted by atomic mass is 19.1. The van der Waals surface area contributed by atoms with Crippen molar-refractivity contribution in [1.29, 1.82) is 0 Å². The van der Waals surface area contributed by atoms with Crippen LogP contribution in [0.3, 0.4) is 0 Å². The van der Waals surface area contributed by atoms with E-state index >= 15 is 0 Å². The highest BCUT2D eigenvalue weighted by molar-refractivity contribution is 5.98. The number of H-pyrrole nitrogens is 2. The van der Waals surface area contributed by atoms with Crippen LogP contribution in [0.5, 0.6) is 0 Å². The van der Waals surface area contributed by atoms with Crippen molar-refractivity contribution >= 4 is 35.0 Å². The zero-order chi connectivity index (χ0) is 62.0. The highest BCUT2D eigenvalue weighted by Crippen LogP contribution is 2.41. The van der Waals surface area contributed by atoms with Gasteiger partial charge in [0.05, 0.1) is 37.7 Å². The number of carbonyl (C=O) groups excluding carboxylic acids is 4. The Morgan fingerprint density at radius 1 is 0.568 bits per heavy atom. The van der Waals surface area contributed by atoms with Crippen LogP contribution in [0, 0.1) is 11.6 Å². The maximum absolute atomic E-state index is 14.4. The van der Waals surface area contributed by atoms with Gasteiger partial charge < -0.3 is 50.5 Å². The quantitative estimate of drug-likeness (QED) is 0.0744. The molecule has 4 fully saturated rings. The fraction of sp³-hybridized carbons (Fsp3) is 0.515. The zero-order valence-corrected chi connectivity index (χ0v) is 51.4. The second kappa shape index (κ2) is 26.6. The van der Waals surface area contributed by atoms with Crippen LogP contribution >= 0.6 is 0 Å². The van der Waals surface area contributed by atoms with Crippen LogP contribution in [0.1, 0.15) is 86.3 Å². The predicted octanol–water partition coefficient (Wildman–Crippen LogP) is 3.13. The predicted molar refractivity (Wildman–Crippen MR) is 331 cm³/mol. The Bertz CT molecular complexity index is 3270. The molecule has 0 aliphatic carbocycles. The third-order valence-electron chi connectivity index (χ3n) is 18.3. The summed E-state index contributed by atoms with van der Waals surface area (Å²) < 4.78 is 39.4. The molecule has 0 spiro atoms. The molecule has 22 heteroatoms. The third kappa shape index (κ3) is 14.7. The summed E-state index contributed by atoms with van der Waals surface area (Å²) in [6.07, 6.45) is -0.781. The average Bonchev–Trinajstić information content (AvgIpc) is 3.69. The number of benzene rings is 3. The summed E-state index contributed by atoms with van der Waals surface area (Å²) in [6.45, 7) is 20.7. The summed E-state index contributed by atoms with van der Waals surface area (Å²) in [5.41, 5.74) is 5.79. The monoisotopic (exact) mass is 1210 g/mol. The van der Waals surface area contributed by atoms with Gasteiger partial charge in [0.2, 0.25) is 11.8 Å². The molecule has 5 aromatic rings. The van der Waals surface area contributed by atoms with E-state index in [-0.39, 0.29) is 96.7 Å². The Morgan fingerprint density at radius 3 is 1.39 bits per heavy atom. The van der Waals surface area contributed by atoms with E-state index in [1.165, 1.54) is 24.3 Å². The molecule has 0 bridgehead atoms. The lowest BCUT2D eigenvalue weighted by molar-refractivity contribution is -0.139. The van der Waals surface area contributed by atoms with Gasteiger partial charge in [0.25, 0.3) is 22.9 Å². The second-order valence-corrected chi connectivity index (χ2v) is 26.4. The minimum absolute atomic E-state index is 0.0191. The number of fused-ring (bicyclic) bond motifs is 2. The molecule has 11 rings (SSSR count). The Labute approximate surface area is 512 Å². The van der Waals surface area contributed by atoms with Crippen molar-refractivity contribution in [1.82, 2.24) is 50.8 Å². The lowest BCUT2D eigenvalue weighted by atomic mass is 9.91. The van der Waals surface area contributed by atoms with Gasteiger partial charge in [-0.2, -0.15) is 0 Å². The van der Waals surface area contributed by atoms with Gasteiger partial charge in [-0.3, -0.25) is 48.4 Å². The molecule has 0 radical (unpaired) electrons. The van der Waals surface area contributed by atoms with Gasteiger partial charge in [0.15, 0.2) is 0 Å². The number of nitrogens with one attached hydrogen (secondary N) is 6. The SMILES string of the molecule is C[C@@H]1CN(CC(=O)N2CC(C)(C)c3[nH]c(=O)c(Cc4ccc(F)cc4)cc32)[C@@H](CN2CCO[C@H](C(=O)NCc3cccc(CNC(=O)[C@@H]4CN(C[C@H]5CN[C@H](C)CN5CC(=O)N5CC(C)(C)c6[nH]c(=O)c(Cc7ccc(F)cc7)cc65)CCO4)c3)C2)CN1. The Kier molecular flexibility index (Phi) is 18.9. The van der Waals surface area contributed by atoms with E-state index in [0.717, 1.165) is 33.6 Å². The number of anilines is 2. The topological polar surface area (TPSA) is 220 Å². The summed E-state index contributed by atoms with van der Waals surface area (Å²) in [5, 5.41) is 13.3. The summed E-state index contributed by atoms with van der Waals surface area (Å²) in [4.78, 5) is 102. The molecule has 20 nitrogen and oxygen atoms in total. The number of aromatic amines is 2. The van der Waals surface area contributed by atoms with Gasteiger partial charge in [-0.05, 0) is 72.5 Å². The molecule has 4 amide bonds. The van der Waals surface area contributed by atoms with E-state index in [1.807, 2.05) is 64.1 Å². The summed E-state index contributed by atoms with van der Waals surface area (Å²) in [7, 11) is 0. The molecule has 0 unspecified atom stereocenters. The van der Waals surface area contributed by atoms with Crippen molar-refractivity contribution in [2.45, 2.75) is 115 Å². The molecular formula is C66H84F2N12O8. The first-order valence-corrected chi connectivity index (χ1v) is 31.0. The van der Waals surface area contributed by atoms with Gasteiger partial charge >= 0.3 is 0 Å². The molecule has 6 aliphatic heterocycles. The van der Waals surface area contributed by atoms with E-state index in [0.29, 0.717) is 127 Å². The van der Waals surface area contributed by atoms with E-state index in [4.69, 9.17) is 9.47 Å². The molecule has 4 saturated heterocycles. The van der Waals surface area contributed by atoms with Crippen LogP contribution in [0.25, 0.3) is 0 Å². The molecule has 2 aromatic heterocycles. The first-order valence-electron chi connectivity index (χ1n) is 31.0. The largest absolute Gasteiger partial charge is 0.366 e. The number of carbonyl (C=O) groups is 4. The molecule has 3 aromatic carbocycles. The Hall–Kier alpha value is -7.02. The minimum atomic E-state index is -0.694. The van der Waals surface area contributed by atoms with Crippen molar-refractivity contribution < 1.29 is 37.4 Å². The van der Waals surface area contributed by atoms with Gasteiger partial charge in [-0.15, -0.1) is 0 Å². The van der Waals surface area contributed by atoms with E-state index < -0.39 is 23.0 Å². The summed E-state index contributed by atoms with van der Waals surface area (Å²) in [5.74, 6) is -1.26. The van der Waals surface area contributed by atoms with Gasteiger partial charge in [-0.1, -0.05) is 76.2 Å². The highest BCUT2D eigenvalue weighted by Gasteiger charge is 2.43. The summed E-state index contributed by atoms with van der Waals surface area (Å²) >= 11 is 0. The maximum Gasteiger partial charge on any atom is 0.251 e. The Morgan fingerprint density at radius 2 is 0.977 bits per heavy atom. The number of aromatic nitrogens is 2. The summed E-state index contributed by atoms with van der Waals surface area (Å²) in [6, 6.07) is 23.8. The van der Waals surface area contributed by atoms with Crippen molar-refractivity contribution in [3.05, 3.63) is 162 Å². The number of rotatable bonds is 18. The minimum Gasteiger partial charge on any atom is -0.366 e. The van der Waals surface area contributed by atoms with Gasteiger partial charge in [0.1, 0.15) is 23.8 Å². The van der Waals surface area contributed by atoms with Crippen LogP contribution in [-0.2, 0) is 65.4 Å². The number of ether oxygens (including phenoxy) is 2. The Balaban J connectivity index is 0.642. The number of hydrogen-bond acceptors (Lipinski definition) is 14. The second-order valence-electron chi connectivity index (χ2n) is 26.4. The van der Waals surface area contributed by atoms with E-state index in [1.54, 1.807) is 34.1 Å². The third-order valence-corrected chi connectivity index (χ3v) is 18.3. The van der Waals surface area contributed by atoms with Crippen molar-refractivity contribution in [2.24, 2.45) is 0 Å². The smallest absolute Gasteiger partial charge is 0.251 e. The number of piperazine rings is 2. The first kappa shape index (κ1) is 62.6. The number of hydrogen-bond donors (Lipinski definition) is 6.